The lowest BCUT2D eigenvalue weighted by atomic mass is 9.89. The molecule has 0 spiro atoms. The SMILES string of the molecule is CN(c1ccccc1)c1nc(N)nc(-c2noc(C3CCCCC3)n2)n1. The Morgan fingerprint density at radius 2 is 1.73 bits per heavy atom. The zero-order chi connectivity index (χ0) is 17.9. The Bertz CT molecular complexity index is 874. The first-order valence-electron chi connectivity index (χ1n) is 8.85. The maximum atomic E-state index is 5.89. The largest absolute Gasteiger partial charge is 0.368 e. The van der Waals surface area contributed by atoms with Crippen molar-refractivity contribution < 1.29 is 4.52 Å². The summed E-state index contributed by atoms with van der Waals surface area (Å²) in [6, 6.07) is 9.79. The van der Waals surface area contributed by atoms with Gasteiger partial charge in [-0.05, 0) is 25.0 Å². The minimum atomic E-state index is 0.122. The monoisotopic (exact) mass is 351 g/mol. The second kappa shape index (κ2) is 7.07. The van der Waals surface area contributed by atoms with Crippen LogP contribution >= 0.6 is 0 Å². The third-order valence-electron chi connectivity index (χ3n) is 4.68. The zero-order valence-corrected chi connectivity index (χ0v) is 14.7. The molecule has 1 fully saturated rings. The zero-order valence-electron chi connectivity index (χ0n) is 14.7. The van der Waals surface area contributed by atoms with Crippen LogP contribution in [-0.2, 0) is 0 Å². The molecule has 2 aromatic heterocycles. The minimum Gasteiger partial charge on any atom is -0.368 e. The van der Waals surface area contributed by atoms with E-state index in [9.17, 15) is 0 Å². The highest BCUT2D eigenvalue weighted by molar-refractivity contribution is 5.58. The summed E-state index contributed by atoms with van der Waals surface area (Å²) in [4.78, 5) is 19.2. The first-order valence-corrected chi connectivity index (χ1v) is 8.85. The van der Waals surface area contributed by atoms with Crippen molar-refractivity contribution in [3.05, 3.63) is 36.2 Å². The molecule has 8 heteroatoms. The number of para-hydroxylation sites is 1. The molecule has 0 radical (unpaired) electrons. The van der Waals surface area contributed by atoms with Crippen LogP contribution in [-0.4, -0.2) is 32.1 Å². The standard InChI is InChI=1S/C18H21N7O/c1-25(13-10-6-3-7-11-13)18-22-14(21-17(19)23-18)15-20-16(26-24-15)12-8-4-2-5-9-12/h3,6-7,10-12H,2,4-5,8-9H2,1H3,(H2,19,21,22,23). The molecule has 1 saturated carbocycles. The summed E-state index contributed by atoms with van der Waals surface area (Å²) in [5.41, 5.74) is 6.83. The van der Waals surface area contributed by atoms with E-state index in [0.29, 0.717) is 29.4 Å². The van der Waals surface area contributed by atoms with Crippen molar-refractivity contribution in [3.8, 4) is 11.6 Å². The Hall–Kier alpha value is -3.03. The number of nitrogens with zero attached hydrogens (tertiary/aromatic N) is 6. The quantitative estimate of drug-likeness (QED) is 0.763. The molecule has 0 aliphatic heterocycles. The minimum absolute atomic E-state index is 0.122. The highest BCUT2D eigenvalue weighted by Crippen LogP contribution is 2.32. The maximum absolute atomic E-state index is 5.89. The summed E-state index contributed by atoms with van der Waals surface area (Å²) in [7, 11) is 1.87. The van der Waals surface area contributed by atoms with Crippen molar-refractivity contribution in [2.45, 2.75) is 38.0 Å². The summed E-state index contributed by atoms with van der Waals surface area (Å²) in [5, 5.41) is 4.06. The normalized spacial score (nSPS) is 15.1. The number of anilines is 3. The summed E-state index contributed by atoms with van der Waals surface area (Å²) in [6.07, 6.45) is 5.85. The number of rotatable bonds is 4. The van der Waals surface area contributed by atoms with Crippen LogP contribution in [0.1, 0.15) is 43.9 Å². The fourth-order valence-corrected chi connectivity index (χ4v) is 3.24. The molecule has 0 atom stereocenters. The van der Waals surface area contributed by atoms with E-state index in [-0.39, 0.29) is 5.95 Å². The number of nitrogen functional groups attached to an aromatic ring is 1. The van der Waals surface area contributed by atoms with Gasteiger partial charge in [-0.3, -0.25) is 0 Å². The van der Waals surface area contributed by atoms with Gasteiger partial charge >= 0.3 is 0 Å². The molecule has 3 aromatic rings. The van der Waals surface area contributed by atoms with Crippen molar-refractivity contribution in [2.75, 3.05) is 17.7 Å². The molecule has 4 rings (SSSR count). The molecule has 134 valence electrons. The Balaban J connectivity index is 1.63. The Morgan fingerprint density at radius 1 is 0.962 bits per heavy atom. The lowest BCUT2D eigenvalue weighted by Crippen LogP contribution is -2.15. The van der Waals surface area contributed by atoms with Gasteiger partial charge in [0.1, 0.15) is 0 Å². The lowest BCUT2D eigenvalue weighted by Gasteiger charge is -2.17. The molecule has 1 aromatic carbocycles. The maximum Gasteiger partial charge on any atom is 0.240 e. The van der Waals surface area contributed by atoms with Crippen LogP contribution in [0.2, 0.25) is 0 Å². The average molecular weight is 351 g/mol. The van der Waals surface area contributed by atoms with Gasteiger partial charge in [-0.15, -0.1) is 0 Å². The van der Waals surface area contributed by atoms with E-state index in [2.05, 4.69) is 25.1 Å². The number of benzene rings is 1. The van der Waals surface area contributed by atoms with Crippen molar-refractivity contribution >= 4 is 17.6 Å². The topological polar surface area (TPSA) is 107 Å². The molecule has 1 aliphatic carbocycles. The highest BCUT2D eigenvalue weighted by Gasteiger charge is 2.23. The average Bonchev–Trinajstić information content (AvgIpc) is 3.19. The van der Waals surface area contributed by atoms with Gasteiger partial charge in [-0.2, -0.15) is 19.9 Å². The van der Waals surface area contributed by atoms with Crippen LogP contribution in [0.3, 0.4) is 0 Å². The van der Waals surface area contributed by atoms with Crippen molar-refractivity contribution in [2.24, 2.45) is 0 Å². The predicted octanol–water partition coefficient (Wildman–Crippen LogP) is 3.32. The van der Waals surface area contributed by atoms with E-state index in [4.69, 9.17) is 10.3 Å². The van der Waals surface area contributed by atoms with E-state index < -0.39 is 0 Å². The van der Waals surface area contributed by atoms with E-state index in [1.165, 1.54) is 19.3 Å². The molecule has 0 saturated heterocycles. The highest BCUT2D eigenvalue weighted by atomic mass is 16.5. The molecule has 2 heterocycles. The van der Waals surface area contributed by atoms with Gasteiger partial charge < -0.3 is 15.2 Å². The molecule has 1 aliphatic rings. The van der Waals surface area contributed by atoms with Crippen LogP contribution < -0.4 is 10.6 Å². The Labute approximate surface area is 151 Å². The number of hydrogen-bond donors (Lipinski definition) is 1. The number of aromatic nitrogens is 5. The molecule has 0 amide bonds. The van der Waals surface area contributed by atoms with Gasteiger partial charge in [0.2, 0.25) is 29.4 Å². The van der Waals surface area contributed by atoms with Gasteiger partial charge in [0.05, 0.1) is 0 Å². The van der Waals surface area contributed by atoms with E-state index in [1.54, 1.807) is 0 Å². The van der Waals surface area contributed by atoms with Crippen LogP contribution in [0, 0.1) is 0 Å². The Kier molecular flexibility index (Phi) is 4.47. The first-order chi connectivity index (χ1) is 12.7. The van der Waals surface area contributed by atoms with Crippen LogP contribution in [0.15, 0.2) is 34.9 Å². The third kappa shape index (κ3) is 3.35. The summed E-state index contributed by atoms with van der Waals surface area (Å²) in [5.74, 6) is 2.22. The predicted molar refractivity (Wildman–Crippen MR) is 97.9 cm³/mol. The number of nitrogens with two attached hydrogens (primary N) is 1. The van der Waals surface area contributed by atoms with E-state index >= 15 is 0 Å². The fourth-order valence-electron chi connectivity index (χ4n) is 3.24. The second-order valence-corrected chi connectivity index (χ2v) is 6.50. The molecule has 0 unspecified atom stereocenters. The number of hydrogen-bond acceptors (Lipinski definition) is 8. The smallest absolute Gasteiger partial charge is 0.240 e. The molecular formula is C18H21N7O. The Morgan fingerprint density at radius 3 is 2.50 bits per heavy atom. The summed E-state index contributed by atoms with van der Waals surface area (Å²) >= 11 is 0. The molecule has 8 nitrogen and oxygen atoms in total. The molecule has 2 N–H and O–H groups in total. The summed E-state index contributed by atoms with van der Waals surface area (Å²) in [6.45, 7) is 0. The first kappa shape index (κ1) is 16.4. The molecule has 26 heavy (non-hydrogen) atoms. The van der Waals surface area contributed by atoms with Crippen LogP contribution in [0.25, 0.3) is 11.6 Å². The van der Waals surface area contributed by atoms with Crippen molar-refractivity contribution in [1.29, 1.82) is 0 Å². The third-order valence-corrected chi connectivity index (χ3v) is 4.68. The molecular weight excluding hydrogens is 330 g/mol. The van der Waals surface area contributed by atoms with Gasteiger partial charge in [0.15, 0.2) is 0 Å². The van der Waals surface area contributed by atoms with Crippen molar-refractivity contribution in [1.82, 2.24) is 25.1 Å². The van der Waals surface area contributed by atoms with Gasteiger partial charge in [-0.25, -0.2) is 0 Å². The van der Waals surface area contributed by atoms with E-state index in [0.717, 1.165) is 18.5 Å². The molecule has 0 bridgehead atoms. The fraction of sp³-hybridized carbons (Fsp3) is 0.389. The van der Waals surface area contributed by atoms with Crippen molar-refractivity contribution in [3.63, 3.8) is 0 Å². The second-order valence-electron chi connectivity index (χ2n) is 6.50. The summed E-state index contributed by atoms with van der Waals surface area (Å²) < 4.78 is 5.47. The van der Waals surface area contributed by atoms with Crippen LogP contribution in [0.4, 0.5) is 17.6 Å². The van der Waals surface area contributed by atoms with Gasteiger partial charge in [0.25, 0.3) is 0 Å². The van der Waals surface area contributed by atoms with Gasteiger partial charge in [0, 0.05) is 18.7 Å². The lowest BCUT2D eigenvalue weighted by molar-refractivity contribution is 0.314. The van der Waals surface area contributed by atoms with Gasteiger partial charge in [-0.1, -0.05) is 42.6 Å². The van der Waals surface area contributed by atoms with Crippen LogP contribution in [0.5, 0.6) is 0 Å². The van der Waals surface area contributed by atoms with E-state index in [1.807, 2.05) is 42.3 Å².